The van der Waals surface area contributed by atoms with Crippen LogP contribution in [0.25, 0.3) is 0 Å². The number of nitrogens with one attached hydrogen (secondary N) is 5. The fourth-order valence-electron chi connectivity index (χ4n) is 4.26. The Labute approximate surface area is 225 Å². The Balaban J connectivity index is 1.61. The molecule has 6 N–H and O–H groups in total. The molecule has 2 aliphatic rings. The van der Waals surface area contributed by atoms with Crippen LogP contribution in [-0.2, 0) is 15.8 Å². The summed E-state index contributed by atoms with van der Waals surface area (Å²) >= 11 is 5.95. The van der Waals surface area contributed by atoms with Gasteiger partial charge < -0.3 is 25.9 Å². The number of halogens is 5. The molecule has 14 heteroatoms. The predicted molar refractivity (Wildman–Crippen MR) is 138 cm³/mol. The van der Waals surface area contributed by atoms with Crippen molar-refractivity contribution < 1.29 is 32.2 Å². The molecule has 0 saturated carbocycles. The lowest BCUT2D eigenvalue weighted by atomic mass is 9.92. The van der Waals surface area contributed by atoms with Gasteiger partial charge in [0.05, 0.1) is 29.5 Å². The standard InChI is InChI=1S/C25H25ClF4N6O3/c1-12(31)35-24(36-18-10-14(26)5-6-16(18)25(28,29)30)23-21(37)20(22-19(38-23)11-34-39-22)33-8-7-17(32)13-3-2-4-15(27)9-13/h2-10,19-23,32-34,37H,11H2,1H3,(H2,31,35,36)/b8-7-,32-17?. The zero-order chi connectivity index (χ0) is 28.3. The zero-order valence-electron chi connectivity index (χ0n) is 20.4. The van der Waals surface area contributed by atoms with E-state index >= 15 is 0 Å². The van der Waals surface area contributed by atoms with Crippen LogP contribution in [0.1, 0.15) is 18.1 Å². The van der Waals surface area contributed by atoms with Crippen molar-refractivity contribution >= 4 is 34.7 Å². The summed E-state index contributed by atoms with van der Waals surface area (Å²) in [5, 5.41) is 32.8. The zero-order valence-corrected chi connectivity index (χ0v) is 21.1. The van der Waals surface area contributed by atoms with Crippen LogP contribution in [0.2, 0.25) is 5.02 Å². The van der Waals surface area contributed by atoms with Gasteiger partial charge in [0, 0.05) is 10.6 Å². The van der Waals surface area contributed by atoms with Gasteiger partial charge in [0.15, 0.2) is 0 Å². The van der Waals surface area contributed by atoms with Gasteiger partial charge in [-0.15, -0.1) is 0 Å². The monoisotopic (exact) mass is 568 g/mol. The van der Waals surface area contributed by atoms with E-state index in [1.54, 1.807) is 6.07 Å². The summed E-state index contributed by atoms with van der Waals surface area (Å²) in [4.78, 5) is 9.52. The third kappa shape index (κ3) is 6.81. The van der Waals surface area contributed by atoms with Crippen LogP contribution in [0, 0.1) is 16.6 Å². The minimum absolute atomic E-state index is 0.00824. The molecule has 0 aliphatic carbocycles. The number of hydrogen-bond donors (Lipinski definition) is 6. The van der Waals surface area contributed by atoms with Gasteiger partial charge in [-0.2, -0.15) is 18.7 Å². The second-order valence-corrected chi connectivity index (χ2v) is 9.30. The lowest BCUT2D eigenvalue weighted by molar-refractivity contribution is -0.147. The second-order valence-electron chi connectivity index (χ2n) is 8.86. The lowest BCUT2D eigenvalue weighted by Gasteiger charge is -2.41. The fraction of sp³-hybridized carbons (Fsp3) is 0.320. The topological polar surface area (TPSA) is 135 Å². The first kappa shape index (κ1) is 28.6. The Hall–Kier alpha value is -3.36. The minimum Gasteiger partial charge on any atom is -0.388 e. The molecule has 2 saturated heterocycles. The van der Waals surface area contributed by atoms with Crippen molar-refractivity contribution in [1.82, 2.24) is 10.8 Å². The molecule has 2 aromatic rings. The number of hydroxylamine groups is 1. The van der Waals surface area contributed by atoms with Crippen LogP contribution in [0.15, 0.2) is 59.7 Å². The number of fused-ring (bicyclic) bond motifs is 1. The largest absolute Gasteiger partial charge is 0.418 e. The first-order valence-corrected chi connectivity index (χ1v) is 12.1. The van der Waals surface area contributed by atoms with Crippen molar-refractivity contribution in [3.63, 3.8) is 0 Å². The van der Waals surface area contributed by atoms with E-state index < -0.39 is 53.7 Å². The lowest BCUT2D eigenvalue weighted by Crippen LogP contribution is -2.63. The molecular weight excluding hydrogens is 544 g/mol. The van der Waals surface area contributed by atoms with E-state index in [2.05, 4.69) is 21.1 Å². The average molecular weight is 569 g/mol. The molecule has 0 amide bonds. The number of aliphatic hydroxyl groups excluding tert-OH is 1. The van der Waals surface area contributed by atoms with Crippen molar-refractivity contribution in [2.75, 3.05) is 11.9 Å². The maximum atomic E-state index is 13.7. The molecule has 39 heavy (non-hydrogen) atoms. The van der Waals surface area contributed by atoms with Gasteiger partial charge in [-0.25, -0.2) is 9.38 Å². The van der Waals surface area contributed by atoms with Crippen LogP contribution < -0.4 is 16.1 Å². The van der Waals surface area contributed by atoms with Gasteiger partial charge >= 0.3 is 6.18 Å². The van der Waals surface area contributed by atoms with Crippen LogP contribution in [0.5, 0.6) is 0 Å². The summed E-state index contributed by atoms with van der Waals surface area (Å²) in [5.74, 6) is -0.986. The molecule has 0 spiro atoms. The Morgan fingerprint density at radius 1 is 1.23 bits per heavy atom. The fourth-order valence-corrected chi connectivity index (χ4v) is 4.44. The predicted octanol–water partition coefficient (Wildman–Crippen LogP) is 3.88. The molecule has 0 radical (unpaired) electrons. The van der Waals surface area contributed by atoms with E-state index in [-0.39, 0.29) is 29.0 Å². The van der Waals surface area contributed by atoms with Gasteiger partial charge in [0.25, 0.3) is 0 Å². The smallest absolute Gasteiger partial charge is 0.388 e. The highest BCUT2D eigenvalue weighted by Gasteiger charge is 2.50. The quantitative estimate of drug-likeness (QED) is 0.178. The SMILES string of the molecule is CC(=N)/N=C(\Nc1cc(Cl)ccc1C(F)(F)F)C1OC2CNOC2C(N/C=C\C(=N)c2cccc(F)c2)C1O. The molecule has 0 bridgehead atoms. The molecule has 5 unspecified atom stereocenters. The molecule has 2 heterocycles. The van der Waals surface area contributed by atoms with Crippen LogP contribution >= 0.6 is 11.6 Å². The normalized spacial score (nSPS) is 25.4. The summed E-state index contributed by atoms with van der Waals surface area (Å²) in [6, 6.07) is 7.59. The summed E-state index contributed by atoms with van der Waals surface area (Å²) < 4.78 is 60.5. The Morgan fingerprint density at radius 3 is 2.69 bits per heavy atom. The first-order valence-electron chi connectivity index (χ1n) is 11.7. The van der Waals surface area contributed by atoms with Crippen LogP contribution in [0.4, 0.5) is 23.2 Å². The molecular formula is C25H25ClF4N6O3. The Kier molecular flexibility index (Phi) is 8.67. The number of hydrogen-bond acceptors (Lipinski definition) is 7. The molecule has 2 aromatic carbocycles. The number of benzene rings is 2. The van der Waals surface area contributed by atoms with Crippen molar-refractivity contribution in [2.45, 2.75) is 43.6 Å². The van der Waals surface area contributed by atoms with Gasteiger partial charge in [0.2, 0.25) is 0 Å². The van der Waals surface area contributed by atoms with E-state index in [1.807, 2.05) is 0 Å². The van der Waals surface area contributed by atoms with Gasteiger partial charge in [-0.3, -0.25) is 10.2 Å². The minimum atomic E-state index is -4.72. The third-order valence-corrected chi connectivity index (χ3v) is 6.24. The van der Waals surface area contributed by atoms with E-state index in [4.69, 9.17) is 32.0 Å². The molecule has 4 rings (SSSR count). The number of nitrogens with zero attached hydrogens (tertiary/aromatic N) is 1. The number of amidine groups is 2. The highest BCUT2D eigenvalue weighted by molar-refractivity contribution is 6.31. The van der Waals surface area contributed by atoms with Crippen molar-refractivity contribution in [1.29, 1.82) is 10.8 Å². The highest BCUT2D eigenvalue weighted by atomic mass is 35.5. The molecule has 2 fully saturated rings. The highest BCUT2D eigenvalue weighted by Crippen LogP contribution is 2.37. The number of alkyl halides is 3. The molecule has 2 aliphatic heterocycles. The molecule has 9 nitrogen and oxygen atoms in total. The number of ether oxygens (including phenoxy) is 1. The summed E-state index contributed by atoms with van der Waals surface area (Å²) in [6.45, 7) is 1.52. The average Bonchev–Trinajstić information content (AvgIpc) is 3.32. The number of rotatable bonds is 6. The summed E-state index contributed by atoms with van der Waals surface area (Å²) in [7, 11) is 0. The van der Waals surface area contributed by atoms with Crippen molar-refractivity contribution in [3.05, 3.63) is 76.7 Å². The first-order chi connectivity index (χ1) is 18.4. The number of aliphatic hydroxyl groups is 1. The van der Waals surface area contributed by atoms with Gasteiger partial charge in [-0.05, 0) is 49.5 Å². The van der Waals surface area contributed by atoms with Gasteiger partial charge in [-0.1, -0.05) is 23.7 Å². The third-order valence-electron chi connectivity index (χ3n) is 6.01. The maximum absolute atomic E-state index is 13.7. The van der Waals surface area contributed by atoms with Gasteiger partial charge in [0.1, 0.15) is 41.9 Å². The summed E-state index contributed by atoms with van der Waals surface area (Å²) in [6.07, 6.45) is -6.08. The summed E-state index contributed by atoms with van der Waals surface area (Å²) in [5.41, 5.74) is 1.55. The van der Waals surface area contributed by atoms with E-state index in [9.17, 15) is 22.7 Å². The Morgan fingerprint density at radius 2 is 2.00 bits per heavy atom. The second kappa shape index (κ2) is 11.8. The maximum Gasteiger partial charge on any atom is 0.418 e. The van der Waals surface area contributed by atoms with E-state index in [0.29, 0.717) is 5.56 Å². The van der Waals surface area contributed by atoms with Crippen LogP contribution in [-0.4, -0.2) is 59.5 Å². The van der Waals surface area contributed by atoms with E-state index in [1.165, 1.54) is 37.4 Å². The van der Waals surface area contributed by atoms with Crippen LogP contribution in [0.3, 0.4) is 0 Å². The van der Waals surface area contributed by atoms with E-state index in [0.717, 1.165) is 18.2 Å². The molecule has 208 valence electrons. The number of allylic oxidation sites excluding steroid dienone is 1. The molecule has 0 aromatic heterocycles. The number of anilines is 1. The van der Waals surface area contributed by atoms with Crippen molar-refractivity contribution in [3.8, 4) is 0 Å². The Bertz CT molecular complexity index is 1300. The van der Waals surface area contributed by atoms with Crippen molar-refractivity contribution in [2.24, 2.45) is 4.99 Å². The molecule has 5 atom stereocenters. The number of aliphatic imine (C=N–C) groups is 1.